The molecule has 0 atom stereocenters. The maximum atomic E-state index is 9.40. The predicted molar refractivity (Wildman–Crippen MR) is 242 cm³/mol. The summed E-state index contributed by atoms with van der Waals surface area (Å²) in [7, 11) is 0. The number of benzene rings is 5. The number of pyridine rings is 2. The number of fused-ring (bicyclic) bond motifs is 5. The van der Waals surface area contributed by atoms with E-state index in [-0.39, 0.29) is 25.7 Å². The molecule has 0 N–H and O–H groups in total. The molecule has 0 bridgehead atoms. The summed E-state index contributed by atoms with van der Waals surface area (Å²) in [6, 6.07) is 43.5. The molecule has 0 unspecified atom stereocenters. The van der Waals surface area contributed by atoms with Crippen LogP contribution >= 0.6 is 0 Å². The van der Waals surface area contributed by atoms with E-state index in [2.05, 4.69) is 71.7 Å². The summed E-state index contributed by atoms with van der Waals surface area (Å²) in [4.78, 5) is 9.17. The van der Waals surface area contributed by atoms with E-state index in [1.807, 2.05) is 63.4 Å². The smallest absolute Gasteiger partial charge is 0.128 e. The fourth-order valence-corrected chi connectivity index (χ4v) is 9.18. The Balaban J connectivity index is 0.000000178. The first-order valence-corrected chi connectivity index (χ1v) is 20.9. The van der Waals surface area contributed by atoms with Crippen LogP contribution in [0.5, 0.6) is 0 Å². The van der Waals surface area contributed by atoms with Crippen molar-refractivity contribution in [3.05, 3.63) is 156 Å². The Morgan fingerprint density at radius 1 is 0.780 bits per heavy atom. The third kappa shape index (κ3) is 8.86. The van der Waals surface area contributed by atoms with E-state index in [1.165, 1.54) is 56.4 Å². The van der Waals surface area contributed by atoms with Gasteiger partial charge in [-0.05, 0) is 95.6 Å². The molecule has 0 aliphatic heterocycles. The molecule has 2 aliphatic carbocycles. The van der Waals surface area contributed by atoms with Gasteiger partial charge in [-0.1, -0.05) is 154 Å². The molecular formula is C55H54IrN2O-2. The molecule has 4 heteroatoms. The van der Waals surface area contributed by atoms with Crippen molar-refractivity contribution >= 4 is 32.7 Å². The van der Waals surface area contributed by atoms with Crippen LogP contribution in [0.25, 0.3) is 66.4 Å². The number of hydrogen-bond donors (Lipinski definition) is 0. The van der Waals surface area contributed by atoms with Gasteiger partial charge >= 0.3 is 0 Å². The summed E-state index contributed by atoms with van der Waals surface area (Å²) in [5.74, 6) is -0.529. The largest absolute Gasteiger partial charge is 0.500 e. The molecule has 2 fully saturated rings. The van der Waals surface area contributed by atoms with Crippen LogP contribution in [0, 0.1) is 29.8 Å². The van der Waals surface area contributed by atoms with Crippen molar-refractivity contribution in [1.82, 2.24) is 9.97 Å². The molecule has 3 heterocycles. The monoisotopic (exact) mass is 957 g/mol. The van der Waals surface area contributed by atoms with Crippen molar-refractivity contribution in [3.63, 3.8) is 0 Å². The SMILES string of the molecule is [2H]C([2H])([2H])c1c[c-]c(-c2ccc(C([2H])([2H])C(C)(C)C)cn2)cc1-c1ccccc1.[2H]C1(c2ccnc(-c3[c-]ccc4c3oc3c5ccccc5ccc43)c2)CCC2(CCCCC2)CC1.[Ir]. The Labute approximate surface area is 372 Å². The minimum absolute atomic E-state index is 0. The average Bonchev–Trinajstić information content (AvgIpc) is 3.70. The van der Waals surface area contributed by atoms with Crippen LogP contribution in [0.4, 0.5) is 0 Å². The van der Waals surface area contributed by atoms with E-state index in [0.717, 1.165) is 62.6 Å². The number of hydrogen-bond acceptors (Lipinski definition) is 3. The summed E-state index contributed by atoms with van der Waals surface area (Å²) in [6.07, 6.45) is 13.0. The maximum absolute atomic E-state index is 9.40. The molecule has 3 nitrogen and oxygen atoms in total. The molecule has 1 spiro atoms. The number of rotatable bonds is 5. The van der Waals surface area contributed by atoms with E-state index in [0.29, 0.717) is 27.8 Å². The Morgan fingerprint density at radius 3 is 2.32 bits per heavy atom. The summed E-state index contributed by atoms with van der Waals surface area (Å²) >= 11 is 0. The Hall–Kier alpha value is -4.89. The van der Waals surface area contributed by atoms with E-state index in [4.69, 9.17) is 16.3 Å². The first kappa shape index (κ1) is 33.9. The van der Waals surface area contributed by atoms with E-state index in [1.54, 1.807) is 24.4 Å². The van der Waals surface area contributed by atoms with Crippen LogP contribution in [0.2, 0.25) is 0 Å². The first-order chi connectivity index (χ1) is 30.6. The van der Waals surface area contributed by atoms with Crippen molar-refractivity contribution in [1.29, 1.82) is 0 Å². The molecule has 8 aromatic rings. The zero-order valence-corrected chi connectivity index (χ0v) is 36.5. The zero-order valence-electron chi connectivity index (χ0n) is 40.1. The zero-order chi connectivity index (χ0) is 44.9. The molecule has 0 saturated heterocycles. The molecule has 3 aromatic heterocycles. The van der Waals surface area contributed by atoms with E-state index in [9.17, 15) is 1.37 Å². The van der Waals surface area contributed by atoms with Gasteiger partial charge in [0.2, 0.25) is 0 Å². The minimum atomic E-state index is -2.25. The van der Waals surface area contributed by atoms with Crippen LogP contribution < -0.4 is 0 Å². The predicted octanol–water partition coefficient (Wildman–Crippen LogP) is 15.3. The van der Waals surface area contributed by atoms with E-state index >= 15 is 0 Å². The normalized spacial score (nSPS) is 18.0. The molecule has 2 aliphatic rings. The third-order valence-electron chi connectivity index (χ3n) is 12.2. The van der Waals surface area contributed by atoms with E-state index < -0.39 is 24.5 Å². The quantitative estimate of drug-likeness (QED) is 0.161. The van der Waals surface area contributed by atoms with Gasteiger partial charge < -0.3 is 14.4 Å². The second-order valence-corrected chi connectivity index (χ2v) is 17.3. The topological polar surface area (TPSA) is 38.9 Å². The molecule has 0 amide bonds. The third-order valence-corrected chi connectivity index (χ3v) is 12.2. The van der Waals surface area contributed by atoms with Gasteiger partial charge in [-0.3, -0.25) is 0 Å². The first-order valence-electron chi connectivity index (χ1n) is 23.9. The van der Waals surface area contributed by atoms with Gasteiger partial charge in [-0.2, -0.15) is 0 Å². The van der Waals surface area contributed by atoms with Gasteiger partial charge in [0, 0.05) is 51.5 Å². The molecule has 2 saturated carbocycles. The van der Waals surface area contributed by atoms with Crippen molar-refractivity contribution < 1.29 is 32.7 Å². The van der Waals surface area contributed by atoms with Crippen LogP contribution in [-0.2, 0) is 26.5 Å². The van der Waals surface area contributed by atoms with Crippen molar-refractivity contribution in [2.24, 2.45) is 10.8 Å². The minimum Gasteiger partial charge on any atom is -0.500 e. The fraction of sp³-hybridized carbons (Fsp3) is 0.309. The average molecular weight is 957 g/mol. The van der Waals surface area contributed by atoms with Gasteiger partial charge in [-0.25, -0.2) is 0 Å². The fourth-order valence-electron chi connectivity index (χ4n) is 9.18. The molecule has 59 heavy (non-hydrogen) atoms. The Kier molecular flexibility index (Phi) is 9.98. The molecule has 301 valence electrons. The van der Waals surface area contributed by atoms with Crippen LogP contribution in [0.3, 0.4) is 0 Å². The van der Waals surface area contributed by atoms with Crippen LogP contribution in [0.1, 0.15) is 109 Å². The van der Waals surface area contributed by atoms with Crippen LogP contribution in [0.15, 0.2) is 132 Å². The van der Waals surface area contributed by atoms with Gasteiger partial charge in [0.05, 0.1) is 5.58 Å². The maximum Gasteiger partial charge on any atom is 0.128 e. The number of aryl methyl sites for hydroxylation is 1. The van der Waals surface area contributed by atoms with Crippen molar-refractivity contribution in [2.45, 2.75) is 97.7 Å². The second-order valence-electron chi connectivity index (χ2n) is 17.3. The summed E-state index contributed by atoms with van der Waals surface area (Å²) in [5.41, 5.74) is 7.97. The Bertz CT molecular complexity index is 2940. The van der Waals surface area contributed by atoms with Crippen molar-refractivity contribution in [2.75, 3.05) is 0 Å². The standard InChI is InChI=1S/C32H30NO.C23H24N.Ir/c1-4-16-32(17-5-1)18-13-22(14-19-32)24-15-20-33-29(21-24)28-10-6-9-26-27-12-11-23-7-2-3-8-25(23)30(27)34-31(26)28;1-17-10-12-20(14-21(17)19-8-6-5-7-9-19)22-13-11-18(16-24-22)15-23(2,3)4;/h2-3,6-9,11-12,15,20-22H,1,4-5,13-14,16-19H2;5-11,13-14,16H,15H2,1-4H3;/q2*-1;/i22D;1D3,15D2;. The number of furan rings is 1. The second kappa shape index (κ2) is 17.4. The molecular weight excluding hydrogens is 897 g/mol. The van der Waals surface area contributed by atoms with Gasteiger partial charge in [0.25, 0.3) is 0 Å². The number of aromatic nitrogens is 2. The summed E-state index contributed by atoms with van der Waals surface area (Å²) < 4.78 is 56.3. The summed E-state index contributed by atoms with van der Waals surface area (Å²) in [6.45, 7) is 3.32. The Morgan fingerprint density at radius 2 is 1.56 bits per heavy atom. The summed E-state index contributed by atoms with van der Waals surface area (Å²) in [5, 5.41) is 4.50. The van der Waals surface area contributed by atoms with Gasteiger partial charge in [-0.15, -0.1) is 47.5 Å². The number of nitrogens with zero attached hydrogens (tertiary/aromatic N) is 2. The van der Waals surface area contributed by atoms with Gasteiger partial charge in [0.1, 0.15) is 5.58 Å². The van der Waals surface area contributed by atoms with Crippen LogP contribution in [-0.4, -0.2) is 9.97 Å². The van der Waals surface area contributed by atoms with Gasteiger partial charge in [0.15, 0.2) is 0 Å². The molecule has 5 aromatic carbocycles. The molecule has 10 rings (SSSR count). The van der Waals surface area contributed by atoms with Crippen molar-refractivity contribution in [3.8, 4) is 33.6 Å². The molecule has 1 radical (unpaired) electrons.